The fourth-order valence-corrected chi connectivity index (χ4v) is 3.15. The average Bonchev–Trinajstić information content (AvgIpc) is 3.08. The molecule has 0 bridgehead atoms. The van der Waals surface area contributed by atoms with Gasteiger partial charge in [-0.3, -0.25) is 5.43 Å². The molecule has 0 saturated heterocycles. The zero-order valence-electron chi connectivity index (χ0n) is 11.1. The van der Waals surface area contributed by atoms with Crippen LogP contribution < -0.4 is 11.3 Å². The first-order chi connectivity index (χ1) is 10.3. The average molecular weight is 297 g/mol. The number of para-hydroxylation sites is 1. The first-order valence-electron chi connectivity index (χ1n) is 6.32. The Kier molecular flexibility index (Phi) is 2.59. The molecule has 8 heteroatoms. The minimum absolute atomic E-state index is 0.360. The predicted octanol–water partition coefficient (Wildman–Crippen LogP) is 2.02. The minimum Gasteiger partial charge on any atom is -0.292 e. The molecule has 0 aliphatic carbocycles. The Balaban J connectivity index is 2.09. The normalized spacial score (nSPS) is 11.3. The molecule has 0 fully saturated rings. The molecule has 0 saturated carbocycles. The zero-order chi connectivity index (χ0) is 14.4. The highest BCUT2D eigenvalue weighted by molar-refractivity contribution is 7.18. The summed E-state index contributed by atoms with van der Waals surface area (Å²) in [7, 11) is 0. The van der Waals surface area contributed by atoms with E-state index < -0.39 is 0 Å². The molecule has 3 heterocycles. The van der Waals surface area contributed by atoms with Gasteiger partial charge in [-0.25, -0.2) is 10.8 Å². The van der Waals surface area contributed by atoms with Crippen LogP contribution in [0.3, 0.4) is 0 Å². The summed E-state index contributed by atoms with van der Waals surface area (Å²) in [6.45, 7) is 2.03. The smallest absolute Gasteiger partial charge is 0.240 e. The number of hydrogen-bond acceptors (Lipinski definition) is 7. The zero-order valence-corrected chi connectivity index (χ0v) is 11.9. The van der Waals surface area contributed by atoms with Crippen LogP contribution in [-0.2, 0) is 0 Å². The second kappa shape index (κ2) is 4.47. The molecule has 0 spiro atoms. The van der Waals surface area contributed by atoms with E-state index in [9.17, 15) is 0 Å². The summed E-state index contributed by atoms with van der Waals surface area (Å²) in [6, 6.07) is 9.79. The Morgan fingerprint density at radius 2 is 2.10 bits per heavy atom. The van der Waals surface area contributed by atoms with E-state index in [-0.39, 0.29) is 0 Å². The third-order valence-corrected chi connectivity index (χ3v) is 4.12. The number of nitrogens with zero attached hydrogens (tertiary/aromatic N) is 5. The van der Waals surface area contributed by atoms with Crippen molar-refractivity contribution < 1.29 is 0 Å². The molecule has 21 heavy (non-hydrogen) atoms. The quantitative estimate of drug-likeness (QED) is 0.434. The van der Waals surface area contributed by atoms with Crippen molar-refractivity contribution in [2.75, 3.05) is 5.43 Å². The largest absolute Gasteiger partial charge is 0.292 e. The van der Waals surface area contributed by atoms with E-state index in [4.69, 9.17) is 5.84 Å². The molecule has 4 aromatic rings. The fourth-order valence-electron chi connectivity index (χ4n) is 2.28. The number of thiophene rings is 1. The number of nitrogens with two attached hydrogens (primary N) is 1. The number of benzene rings is 1. The molecular formula is C13H11N7S. The van der Waals surface area contributed by atoms with Crippen LogP contribution in [0.2, 0.25) is 0 Å². The third kappa shape index (κ3) is 1.84. The van der Waals surface area contributed by atoms with E-state index in [0.29, 0.717) is 11.8 Å². The molecule has 1 aromatic carbocycles. The Labute approximate surface area is 123 Å². The van der Waals surface area contributed by atoms with E-state index in [1.54, 1.807) is 16.0 Å². The van der Waals surface area contributed by atoms with Crippen LogP contribution in [0.4, 0.5) is 5.95 Å². The van der Waals surface area contributed by atoms with Crippen LogP contribution in [0.5, 0.6) is 0 Å². The van der Waals surface area contributed by atoms with E-state index in [1.165, 1.54) is 0 Å². The van der Waals surface area contributed by atoms with Gasteiger partial charge in [0.1, 0.15) is 10.3 Å². The number of aryl methyl sites for hydroxylation is 1. The van der Waals surface area contributed by atoms with E-state index in [2.05, 4.69) is 25.7 Å². The predicted molar refractivity (Wildman–Crippen MR) is 82.4 cm³/mol. The van der Waals surface area contributed by atoms with Gasteiger partial charge in [0.05, 0.1) is 10.9 Å². The Morgan fingerprint density at radius 1 is 1.24 bits per heavy atom. The van der Waals surface area contributed by atoms with Gasteiger partial charge in [0.15, 0.2) is 5.82 Å². The van der Waals surface area contributed by atoms with Crippen LogP contribution in [0.15, 0.2) is 30.3 Å². The maximum absolute atomic E-state index is 5.47. The van der Waals surface area contributed by atoms with Gasteiger partial charge < -0.3 is 0 Å². The monoisotopic (exact) mass is 297 g/mol. The highest BCUT2D eigenvalue weighted by Crippen LogP contribution is 2.29. The van der Waals surface area contributed by atoms with Crippen LogP contribution in [-0.4, -0.2) is 25.0 Å². The topological polar surface area (TPSA) is 94.5 Å². The summed E-state index contributed by atoms with van der Waals surface area (Å²) in [6.07, 6.45) is 0. The third-order valence-electron chi connectivity index (χ3n) is 3.18. The number of fused-ring (bicyclic) bond motifs is 2. The number of hydrogen-bond donors (Lipinski definition) is 2. The van der Waals surface area contributed by atoms with Crippen molar-refractivity contribution >= 4 is 38.5 Å². The number of anilines is 1. The Hall–Kier alpha value is -2.58. The van der Waals surface area contributed by atoms with E-state index in [1.807, 2.05) is 37.3 Å². The molecule has 0 atom stereocenters. The summed E-state index contributed by atoms with van der Waals surface area (Å²) in [5, 5.41) is 9.32. The number of rotatable bonds is 2. The first-order valence-corrected chi connectivity index (χ1v) is 7.13. The maximum Gasteiger partial charge on any atom is 0.240 e. The SMILES string of the molecule is Cc1cc2c(-n3nnc4ccccc43)nc(NN)nc2s1. The molecule has 0 radical (unpaired) electrons. The Morgan fingerprint density at radius 3 is 2.95 bits per heavy atom. The summed E-state index contributed by atoms with van der Waals surface area (Å²) >= 11 is 1.59. The lowest BCUT2D eigenvalue weighted by molar-refractivity contribution is 0.806. The first kappa shape index (κ1) is 12.2. The molecule has 0 amide bonds. The lowest BCUT2D eigenvalue weighted by atomic mass is 10.3. The van der Waals surface area contributed by atoms with Crippen molar-refractivity contribution in [3.05, 3.63) is 35.2 Å². The molecule has 0 aliphatic heterocycles. The molecule has 0 unspecified atom stereocenters. The lowest BCUT2D eigenvalue weighted by Crippen LogP contribution is -2.12. The second-order valence-corrected chi connectivity index (χ2v) is 5.82. The molecule has 3 aromatic heterocycles. The summed E-state index contributed by atoms with van der Waals surface area (Å²) < 4.78 is 1.71. The summed E-state index contributed by atoms with van der Waals surface area (Å²) in [4.78, 5) is 10.8. The van der Waals surface area contributed by atoms with Crippen molar-refractivity contribution in [2.45, 2.75) is 6.92 Å². The summed E-state index contributed by atoms with van der Waals surface area (Å²) in [5.74, 6) is 6.50. The number of aromatic nitrogens is 5. The Bertz CT molecular complexity index is 956. The van der Waals surface area contributed by atoms with Crippen LogP contribution >= 0.6 is 11.3 Å². The van der Waals surface area contributed by atoms with Gasteiger partial charge >= 0.3 is 0 Å². The van der Waals surface area contributed by atoms with Crippen molar-refractivity contribution in [1.29, 1.82) is 0 Å². The van der Waals surface area contributed by atoms with Crippen molar-refractivity contribution in [2.24, 2.45) is 5.84 Å². The van der Waals surface area contributed by atoms with Crippen molar-refractivity contribution in [1.82, 2.24) is 25.0 Å². The minimum atomic E-state index is 0.360. The van der Waals surface area contributed by atoms with Crippen LogP contribution in [0.25, 0.3) is 27.1 Å². The van der Waals surface area contributed by atoms with Gasteiger partial charge in [-0.2, -0.15) is 9.67 Å². The number of nitrogen functional groups attached to an aromatic ring is 1. The standard InChI is InChI=1S/C13H11N7S/c1-7-6-8-11(15-13(17-14)16-12(8)21-7)20-10-5-3-2-4-9(10)18-19-20/h2-6H,14H2,1H3,(H,15,16,17). The van der Waals surface area contributed by atoms with Gasteiger partial charge in [-0.1, -0.05) is 17.3 Å². The number of hydrazine groups is 1. The molecule has 104 valence electrons. The van der Waals surface area contributed by atoms with E-state index in [0.717, 1.165) is 26.1 Å². The fraction of sp³-hybridized carbons (Fsp3) is 0.0769. The van der Waals surface area contributed by atoms with Gasteiger partial charge in [-0.15, -0.1) is 16.4 Å². The molecule has 4 rings (SSSR count). The molecular weight excluding hydrogens is 286 g/mol. The molecule has 3 N–H and O–H groups in total. The van der Waals surface area contributed by atoms with Crippen LogP contribution in [0, 0.1) is 6.92 Å². The number of nitrogens with one attached hydrogen (secondary N) is 1. The van der Waals surface area contributed by atoms with Crippen LogP contribution in [0.1, 0.15) is 4.88 Å². The highest BCUT2D eigenvalue weighted by atomic mass is 32.1. The second-order valence-electron chi connectivity index (χ2n) is 4.58. The summed E-state index contributed by atoms with van der Waals surface area (Å²) in [5.41, 5.74) is 4.21. The van der Waals surface area contributed by atoms with Gasteiger partial charge in [0.25, 0.3) is 0 Å². The highest BCUT2D eigenvalue weighted by Gasteiger charge is 2.15. The van der Waals surface area contributed by atoms with Crippen molar-refractivity contribution in [3.8, 4) is 5.82 Å². The lowest BCUT2D eigenvalue weighted by Gasteiger charge is -2.05. The van der Waals surface area contributed by atoms with Crippen molar-refractivity contribution in [3.63, 3.8) is 0 Å². The van der Waals surface area contributed by atoms with Gasteiger partial charge in [-0.05, 0) is 25.1 Å². The van der Waals surface area contributed by atoms with E-state index >= 15 is 0 Å². The van der Waals surface area contributed by atoms with Gasteiger partial charge in [0.2, 0.25) is 5.95 Å². The maximum atomic E-state index is 5.47. The molecule has 7 nitrogen and oxygen atoms in total. The molecule has 0 aliphatic rings. The van der Waals surface area contributed by atoms with Gasteiger partial charge in [0, 0.05) is 4.88 Å².